The van der Waals surface area contributed by atoms with Gasteiger partial charge in [-0.15, -0.1) is 0 Å². The van der Waals surface area contributed by atoms with E-state index in [1.165, 1.54) is 6.92 Å². The van der Waals surface area contributed by atoms with Crippen molar-refractivity contribution in [2.75, 3.05) is 20.1 Å². The van der Waals surface area contributed by atoms with Crippen molar-refractivity contribution in [1.82, 2.24) is 10.2 Å². The highest BCUT2D eigenvalue weighted by Crippen LogP contribution is 1.89. The lowest BCUT2D eigenvalue weighted by Gasteiger charge is -2.19. The Labute approximate surface area is 77.7 Å². The van der Waals surface area contributed by atoms with Crippen molar-refractivity contribution < 1.29 is 14.7 Å². The highest BCUT2D eigenvalue weighted by atomic mass is 16.4. The Balaban J connectivity index is 4.10. The lowest BCUT2D eigenvalue weighted by atomic mass is 10.2. The molecular weight excluding hydrogens is 172 g/mol. The molecule has 0 saturated carbocycles. The number of aliphatic carboxylic acids is 1. The second-order valence-electron chi connectivity index (χ2n) is 2.95. The Morgan fingerprint density at radius 2 is 2.08 bits per heavy atom. The third-order valence-corrected chi connectivity index (χ3v) is 1.71. The summed E-state index contributed by atoms with van der Waals surface area (Å²) in [6.45, 7) is 4.31. The van der Waals surface area contributed by atoms with E-state index in [0.29, 0.717) is 6.54 Å². The van der Waals surface area contributed by atoms with Gasteiger partial charge in [0.15, 0.2) is 0 Å². The van der Waals surface area contributed by atoms with E-state index >= 15 is 0 Å². The predicted molar refractivity (Wildman–Crippen MR) is 48.4 cm³/mol. The molecule has 1 amide bonds. The smallest absolute Gasteiger partial charge is 0.327 e. The van der Waals surface area contributed by atoms with Gasteiger partial charge in [-0.2, -0.15) is 0 Å². The first kappa shape index (κ1) is 11.9. The van der Waals surface area contributed by atoms with Crippen LogP contribution < -0.4 is 5.32 Å². The van der Waals surface area contributed by atoms with E-state index in [1.807, 2.05) is 11.8 Å². The fourth-order valence-corrected chi connectivity index (χ4v) is 0.872. The molecule has 2 N–H and O–H groups in total. The highest BCUT2D eigenvalue weighted by Gasteiger charge is 2.19. The minimum atomic E-state index is -1.00. The van der Waals surface area contributed by atoms with Crippen LogP contribution in [0.2, 0.25) is 0 Å². The zero-order valence-corrected chi connectivity index (χ0v) is 8.20. The number of hydrogen-bond acceptors (Lipinski definition) is 3. The first-order chi connectivity index (χ1) is 5.97. The van der Waals surface area contributed by atoms with Crippen LogP contribution in [0.1, 0.15) is 13.8 Å². The van der Waals surface area contributed by atoms with E-state index in [0.717, 1.165) is 6.54 Å². The predicted octanol–water partition coefficient (Wildman–Crippen LogP) is -0.473. The van der Waals surface area contributed by atoms with Gasteiger partial charge in [0.05, 0.1) is 0 Å². The third kappa shape index (κ3) is 5.19. The number of likely N-dealkylation sites (N-methyl/N-ethyl adjacent to an activating group) is 1. The summed E-state index contributed by atoms with van der Waals surface area (Å²) >= 11 is 0. The van der Waals surface area contributed by atoms with Gasteiger partial charge in [0.1, 0.15) is 6.04 Å². The van der Waals surface area contributed by atoms with E-state index in [9.17, 15) is 9.59 Å². The van der Waals surface area contributed by atoms with E-state index in [2.05, 4.69) is 5.32 Å². The molecule has 0 saturated heterocycles. The molecule has 0 fully saturated rings. The van der Waals surface area contributed by atoms with Gasteiger partial charge in [-0.25, -0.2) is 4.79 Å². The lowest BCUT2D eigenvalue weighted by Crippen LogP contribution is -2.46. The maximum absolute atomic E-state index is 10.6. The van der Waals surface area contributed by atoms with Crippen LogP contribution in [0.4, 0.5) is 0 Å². The van der Waals surface area contributed by atoms with Crippen LogP contribution >= 0.6 is 0 Å². The van der Waals surface area contributed by atoms with Crippen LogP contribution in [0.25, 0.3) is 0 Å². The van der Waals surface area contributed by atoms with Crippen molar-refractivity contribution in [2.24, 2.45) is 0 Å². The Kier molecular flexibility index (Phi) is 5.06. The molecule has 1 unspecified atom stereocenters. The summed E-state index contributed by atoms with van der Waals surface area (Å²) in [4.78, 5) is 23.1. The molecule has 0 aliphatic carbocycles. The Morgan fingerprint density at radius 1 is 1.54 bits per heavy atom. The van der Waals surface area contributed by atoms with Crippen molar-refractivity contribution in [1.29, 1.82) is 0 Å². The van der Waals surface area contributed by atoms with Crippen LogP contribution in [0, 0.1) is 0 Å². The fourth-order valence-electron chi connectivity index (χ4n) is 0.872. The average Bonchev–Trinajstić information content (AvgIpc) is 2.02. The number of carboxylic acids is 1. The Bertz CT molecular complexity index is 194. The standard InChI is InChI=1S/C8H16N2O3/c1-4-10(3)5-7(8(12)13)9-6(2)11/h7H,4-5H2,1-3H3,(H,9,11)(H,12,13). The van der Waals surface area contributed by atoms with Crippen LogP contribution in [0.15, 0.2) is 0 Å². The number of nitrogens with zero attached hydrogens (tertiary/aromatic N) is 1. The fraction of sp³-hybridized carbons (Fsp3) is 0.750. The van der Waals surface area contributed by atoms with Gasteiger partial charge in [-0.1, -0.05) is 6.92 Å². The number of nitrogens with one attached hydrogen (secondary N) is 1. The van der Waals surface area contributed by atoms with Crippen molar-refractivity contribution in [3.05, 3.63) is 0 Å². The second-order valence-corrected chi connectivity index (χ2v) is 2.95. The van der Waals surface area contributed by atoms with Gasteiger partial charge >= 0.3 is 5.97 Å². The molecule has 5 heteroatoms. The molecular formula is C8H16N2O3. The van der Waals surface area contributed by atoms with Gasteiger partial charge < -0.3 is 15.3 Å². The van der Waals surface area contributed by atoms with Crippen molar-refractivity contribution in [2.45, 2.75) is 19.9 Å². The lowest BCUT2D eigenvalue weighted by molar-refractivity contribution is -0.142. The van der Waals surface area contributed by atoms with Crippen LogP contribution in [-0.4, -0.2) is 48.1 Å². The summed E-state index contributed by atoms with van der Waals surface area (Å²) in [6, 6.07) is -0.817. The molecule has 13 heavy (non-hydrogen) atoms. The quantitative estimate of drug-likeness (QED) is 0.612. The van der Waals surface area contributed by atoms with Crippen molar-refractivity contribution >= 4 is 11.9 Å². The number of rotatable bonds is 5. The minimum Gasteiger partial charge on any atom is -0.480 e. The Morgan fingerprint density at radius 3 is 2.38 bits per heavy atom. The first-order valence-corrected chi connectivity index (χ1v) is 4.15. The van der Waals surface area contributed by atoms with E-state index in [1.54, 1.807) is 7.05 Å². The second kappa shape index (κ2) is 5.53. The molecule has 0 radical (unpaired) electrons. The SMILES string of the molecule is CCN(C)CC(NC(C)=O)C(=O)O. The molecule has 76 valence electrons. The number of hydrogen-bond donors (Lipinski definition) is 2. The molecule has 1 atom stereocenters. The van der Waals surface area contributed by atoms with Gasteiger partial charge in [-0.3, -0.25) is 4.79 Å². The maximum Gasteiger partial charge on any atom is 0.327 e. The van der Waals surface area contributed by atoms with Gasteiger partial charge in [0.2, 0.25) is 5.91 Å². The van der Waals surface area contributed by atoms with Crippen LogP contribution in [0.5, 0.6) is 0 Å². The molecule has 5 nitrogen and oxygen atoms in total. The molecule has 0 heterocycles. The number of carbonyl (C=O) groups is 2. The van der Waals surface area contributed by atoms with Gasteiger partial charge in [-0.05, 0) is 13.6 Å². The summed E-state index contributed by atoms with van der Waals surface area (Å²) in [5.74, 6) is -1.33. The molecule has 0 rings (SSSR count). The Hall–Kier alpha value is -1.10. The molecule has 0 aromatic carbocycles. The maximum atomic E-state index is 10.6. The summed E-state index contributed by atoms with van der Waals surface area (Å²) in [5.41, 5.74) is 0. The number of amides is 1. The van der Waals surface area contributed by atoms with E-state index in [4.69, 9.17) is 5.11 Å². The summed E-state index contributed by atoms with van der Waals surface area (Å²) < 4.78 is 0. The third-order valence-electron chi connectivity index (χ3n) is 1.71. The monoisotopic (exact) mass is 188 g/mol. The van der Waals surface area contributed by atoms with Crippen LogP contribution in [-0.2, 0) is 9.59 Å². The largest absolute Gasteiger partial charge is 0.480 e. The zero-order chi connectivity index (χ0) is 10.4. The summed E-state index contributed by atoms with van der Waals surface area (Å²) in [5, 5.41) is 11.1. The summed E-state index contributed by atoms with van der Waals surface area (Å²) in [6.07, 6.45) is 0. The average molecular weight is 188 g/mol. The number of carboxylic acid groups (broad SMARTS) is 1. The molecule has 0 aliphatic rings. The first-order valence-electron chi connectivity index (χ1n) is 4.15. The van der Waals surface area contributed by atoms with Crippen LogP contribution in [0.3, 0.4) is 0 Å². The van der Waals surface area contributed by atoms with E-state index in [-0.39, 0.29) is 5.91 Å². The molecule has 0 aliphatic heterocycles. The van der Waals surface area contributed by atoms with E-state index < -0.39 is 12.0 Å². The molecule has 0 aromatic heterocycles. The van der Waals surface area contributed by atoms with Crippen molar-refractivity contribution in [3.63, 3.8) is 0 Å². The minimum absolute atomic E-state index is 0.322. The molecule has 0 bridgehead atoms. The molecule has 0 aromatic rings. The number of carbonyl (C=O) groups excluding carboxylic acids is 1. The highest BCUT2D eigenvalue weighted by molar-refractivity contribution is 5.82. The van der Waals surface area contributed by atoms with Gasteiger partial charge in [0.25, 0.3) is 0 Å². The summed E-state index contributed by atoms with van der Waals surface area (Å²) in [7, 11) is 1.80. The van der Waals surface area contributed by atoms with Crippen molar-refractivity contribution in [3.8, 4) is 0 Å². The van der Waals surface area contributed by atoms with Gasteiger partial charge in [0, 0.05) is 13.5 Å². The topological polar surface area (TPSA) is 69.6 Å². The zero-order valence-electron chi connectivity index (χ0n) is 8.20. The normalized spacial score (nSPS) is 12.6. The molecule has 0 spiro atoms.